The van der Waals surface area contributed by atoms with Crippen molar-refractivity contribution < 1.29 is 19.8 Å². The van der Waals surface area contributed by atoms with Crippen molar-refractivity contribution in [2.45, 2.75) is 51.2 Å². The fourth-order valence-corrected chi connectivity index (χ4v) is 3.07. The van der Waals surface area contributed by atoms with Crippen molar-refractivity contribution in [1.82, 2.24) is 10.2 Å². The van der Waals surface area contributed by atoms with Crippen LogP contribution in [0.2, 0.25) is 0 Å². The summed E-state index contributed by atoms with van der Waals surface area (Å²) in [6.45, 7) is 2.82. The molecule has 2 fully saturated rings. The number of amides is 2. The second kappa shape index (κ2) is 5.36. The van der Waals surface area contributed by atoms with Gasteiger partial charge in [0, 0.05) is 19.5 Å². The number of carboxylic acids is 1. The van der Waals surface area contributed by atoms with Gasteiger partial charge in [0.1, 0.15) is 6.04 Å². The van der Waals surface area contributed by atoms with Crippen molar-refractivity contribution in [2.75, 3.05) is 13.1 Å². The molecular formula is C13H22N2O4. The average Bonchev–Trinajstić information content (AvgIpc) is 2.93. The molecule has 3 N–H and O–H groups in total. The molecule has 108 valence electrons. The van der Waals surface area contributed by atoms with Crippen molar-refractivity contribution in [3.63, 3.8) is 0 Å². The zero-order valence-corrected chi connectivity index (χ0v) is 11.3. The van der Waals surface area contributed by atoms with Crippen LogP contribution in [0, 0.1) is 5.41 Å². The smallest absolute Gasteiger partial charge is 0.326 e. The highest BCUT2D eigenvalue weighted by molar-refractivity contribution is 5.83. The number of hydrogen-bond donors (Lipinski definition) is 3. The number of carboxylic acid groups (broad SMARTS) is 1. The SMILES string of the molecule is CC1(CNC(=O)N2C[C@@H](O)C[C@H]2C(=O)O)CCCC1. The van der Waals surface area contributed by atoms with Gasteiger partial charge in [0.2, 0.25) is 0 Å². The van der Waals surface area contributed by atoms with E-state index in [1.54, 1.807) is 0 Å². The Bertz CT molecular complexity index is 366. The van der Waals surface area contributed by atoms with Crippen molar-refractivity contribution in [1.29, 1.82) is 0 Å². The molecule has 1 aliphatic carbocycles. The van der Waals surface area contributed by atoms with Crippen LogP contribution in [-0.4, -0.2) is 52.3 Å². The molecule has 1 saturated heterocycles. The standard InChI is InChI=1S/C13H22N2O4/c1-13(4-2-3-5-13)8-14-12(19)15-7-9(16)6-10(15)11(17)18/h9-10,16H,2-8H2,1H3,(H,14,19)(H,17,18)/t9-,10-/m0/s1. The number of rotatable bonds is 3. The molecule has 1 heterocycles. The fraction of sp³-hybridized carbons (Fsp3) is 0.846. The van der Waals surface area contributed by atoms with Gasteiger partial charge in [-0.2, -0.15) is 0 Å². The molecule has 2 atom stereocenters. The third-order valence-corrected chi connectivity index (χ3v) is 4.30. The number of aliphatic hydroxyl groups excluding tert-OH is 1. The van der Waals surface area contributed by atoms with Gasteiger partial charge in [0.05, 0.1) is 6.10 Å². The van der Waals surface area contributed by atoms with Crippen molar-refractivity contribution in [3.05, 3.63) is 0 Å². The minimum absolute atomic E-state index is 0.0967. The van der Waals surface area contributed by atoms with Gasteiger partial charge in [0.25, 0.3) is 0 Å². The molecule has 6 nitrogen and oxygen atoms in total. The number of urea groups is 1. The molecular weight excluding hydrogens is 248 g/mol. The van der Waals surface area contributed by atoms with Gasteiger partial charge in [0.15, 0.2) is 0 Å². The number of likely N-dealkylation sites (tertiary alicyclic amines) is 1. The number of nitrogens with zero attached hydrogens (tertiary/aromatic N) is 1. The lowest BCUT2D eigenvalue weighted by atomic mass is 9.89. The third kappa shape index (κ3) is 3.18. The molecule has 0 unspecified atom stereocenters. The molecule has 1 aliphatic heterocycles. The highest BCUT2D eigenvalue weighted by atomic mass is 16.4. The van der Waals surface area contributed by atoms with Crippen LogP contribution in [0.15, 0.2) is 0 Å². The topological polar surface area (TPSA) is 89.9 Å². The highest BCUT2D eigenvalue weighted by Gasteiger charge is 2.39. The second-order valence-electron chi connectivity index (χ2n) is 6.07. The molecule has 2 rings (SSSR count). The van der Waals surface area contributed by atoms with E-state index >= 15 is 0 Å². The van der Waals surface area contributed by atoms with Gasteiger partial charge >= 0.3 is 12.0 Å². The van der Waals surface area contributed by atoms with E-state index in [1.165, 1.54) is 17.7 Å². The van der Waals surface area contributed by atoms with Crippen LogP contribution < -0.4 is 5.32 Å². The summed E-state index contributed by atoms with van der Waals surface area (Å²) in [5.41, 5.74) is 0.132. The van der Waals surface area contributed by atoms with Gasteiger partial charge < -0.3 is 20.4 Å². The van der Waals surface area contributed by atoms with Crippen LogP contribution in [0.5, 0.6) is 0 Å². The van der Waals surface area contributed by atoms with Crippen molar-refractivity contribution >= 4 is 12.0 Å². The molecule has 0 aromatic rings. The maximum atomic E-state index is 12.0. The van der Waals surface area contributed by atoms with Crippen LogP contribution in [0.25, 0.3) is 0 Å². The number of hydrogen-bond acceptors (Lipinski definition) is 3. The lowest BCUT2D eigenvalue weighted by Gasteiger charge is -2.27. The Balaban J connectivity index is 1.90. The molecule has 0 aromatic heterocycles. The number of nitrogens with one attached hydrogen (secondary N) is 1. The summed E-state index contributed by atoms with van der Waals surface area (Å²) < 4.78 is 0. The maximum Gasteiger partial charge on any atom is 0.326 e. The van der Waals surface area contributed by atoms with Gasteiger partial charge in [-0.05, 0) is 18.3 Å². The minimum Gasteiger partial charge on any atom is -0.480 e. The zero-order valence-electron chi connectivity index (χ0n) is 11.3. The summed E-state index contributed by atoms with van der Waals surface area (Å²) in [4.78, 5) is 24.3. The molecule has 0 spiro atoms. The number of carbonyl (C=O) groups is 2. The Kier molecular flexibility index (Phi) is 3.99. The van der Waals surface area contributed by atoms with Crippen LogP contribution in [0.4, 0.5) is 4.79 Å². The average molecular weight is 270 g/mol. The van der Waals surface area contributed by atoms with E-state index in [9.17, 15) is 14.7 Å². The third-order valence-electron chi connectivity index (χ3n) is 4.30. The summed E-state index contributed by atoms with van der Waals surface area (Å²) in [7, 11) is 0. The Morgan fingerprint density at radius 3 is 2.58 bits per heavy atom. The van der Waals surface area contributed by atoms with E-state index in [0.717, 1.165) is 12.8 Å². The summed E-state index contributed by atoms with van der Waals surface area (Å²) in [5, 5.41) is 21.4. The second-order valence-corrected chi connectivity index (χ2v) is 6.07. The van der Waals surface area contributed by atoms with Crippen LogP contribution in [-0.2, 0) is 4.79 Å². The van der Waals surface area contributed by atoms with Gasteiger partial charge in [-0.25, -0.2) is 9.59 Å². The molecule has 19 heavy (non-hydrogen) atoms. The van der Waals surface area contributed by atoms with Crippen LogP contribution in [0.1, 0.15) is 39.0 Å². The summed E-state index contributed by atoms with van der Waals surface area (Å²) in [6, 6.07) is -1.29. The van der Waals surface area contributed by atoms with Crippen LogP contribution in [0.3, 0.4) is 0 Å². The molecule has 1 saturated carbocycles. The van der Waals surface area contributed by atoms with E-state index in [-0.39, 0.29) is 24.4 Å². The Morgan fingerprint density at radius 2 is 2.00 bits per heavy atom. The summed E-state index contributed by atoms with van der Waals surface area (Å²) >= 11 is 0. The minimum atomic E-state index is -1.06. The highest BCUT2D eigenvalue weighted by Crippen LogP contribution is 2.36. The molecule has 0 aromatic carbocycles. The normalized spacial score (nSPS) is 29.5. The number of carbonyl (C=O) groups excluding carboxylic acids is 1. The van der Waals surface area contributed by atoms with Crippen LogP contribution >= 0.6 is 0 Å². The first-order valence-corrected chi connectivity index (χ1v) is 6.87. The van der Waals surface area contributed by atoms with Crippen molar-refractivity contribution in [2.24, 2.45) is 5.41 Å². The first kappa shape index (κ1) is 14.1. The monoisotopic (exact) mass is 270 g/mol. The van der Waals surface area contributed by atoms with Gasteiger partial charge in [-0.15, -0.1) is 0 Å². The molecule has 6 heteroatoms. The van der Waals surface area contributed by atoms with E-state index in [0.29, 0.717) is 6.54 Å². The maximum absolute atomic E-state index is 12.0. The summed E-state index contributed by atoms with van der Waals surface area (Å²) in [5.74, 6) is -1.06. The Labute approximate surface area is 112 Å². The van der Waals surface area contributed by atoms with Gasteiger partial charge in [-0.1, -0.05) is 19.8 Å². The first-order valence-electron chi connectivity index (χ1n) is 6.87. The zero-order chi connectivity index (χ0) is 14.0. The molecule has 0 radical (unpaired) electrons. The Hall–Kier alpha value is -1.30. The summed E-state index contributed by atoms with van der Waals surface area (Å²) in [6.07, 6.45) is 3.93. The predicted molar refractivity (Wildman–Crippen MR) is 68.7 cm³/mol. The van der Waals surface area contributed by atoms with E-state index < -0.39 is 18.1 Å². The number of aliphatic hydroxyl groups is 1. The Morgan fingerprint density at radius 1 is 1.37 bits per heavy atom. The van der Waals surface area contributed by atoms with Gasteiger partial charge in [-0.3, -0.25) is 0 Å². The molecule has 2 amide bonds. The first-order chi connectivity index (χ1) is 8.91. The van der Waals surface area contributed by atoms with E-state index in [1.807, 2.05) is 0 Å². The quantitative estimate of drug-likeness (QED) is 0.707. The fourth-order valence-electron chi connectivity index (χ4n) is 3.07. The molecule has 2 aliphatic rings. The van der Waals surface area contributed by atoms with E-state index in [2.05, 4.69) is 12.2 Å². The molecule has 0 bridgehead atoms. The largest absolute Gasteiger partial charge is 0.480 e. The number of β-amino-alcohol motifs (C(OH)–C–C–N with tert-alkyl or cyclic N) is 1. The van der Waals surface area contributed by atoms with Crippen molar-refractivity contribution in [3.8, 4) is 0 Å². The lowest BCUT2D eigenvalue weighted by molar-refractivity contribution is -0.141. The number of aliphatic carboxylic acids is 1. The predicted octanol–water partition coefficient (Wildman–Crippen LogP) is 0.796. The lowest BCUT2D eigenvalue weighted by Crippen LogP contribution is -2.48. The van der Waals surface area contributed by atoms with E-state index in [4.69, 9.17) is 5.11 Å².